The van der Waals surface area contributed by atoms with Gasteiger partial charge in [-0.05, 0) is 0 Å². The van der Waals surface area contributed by atoms with Gasteiger partial charge in [-0.25, -0.2) is 4.79 Å². The molecule has 0 spiro atoms. The van der Waals surface area contributed by atoms with Crippen LogP contribution in [0.25, 0.3) is 10.6 Å². The van der Waals surface area contributed by atoms with Crippen molar-refractivity contribution in [3.8, 4) is 10.6 Å². The fraction of sp³-hybridized carbons (Fsp3) is 0.143. The molecule has 0 atom stereocenters. The van der Waals surface area contributed by atoms with Gasteiger partial charge in [-0.3, -0.25) is 4.79 Å². The van der Waals surface area contributed by atoms with E-state index in [0.29, 0.717) is 5.01 Å². The van der Waals surface area contributed by atoms with Crippen LogP contribution in [0.15, 0.2) is 42.5 Å². The second-order valence-corrected chi connectivity index (χ2v) is 4.95. The topological polar surface area (TPSA) is 69.2 Å². The maximum absolute atomic E-state index is 12.0. The molecular weight excluding hydrogens is 276 g/mol. The Kier molecular flexibility index (Phi) is 4.37. The minimum atomic E-state index is -0.592. The molecule has 6 heteroatoms. The average Bonchev–Trinajstić information content (AvgIpc) is 2.97. The van der Waals surface area contributed by atoms with Crippen LogP contribution in [0.1, 0.15) is 16.2 Å². The van der Waals surface area contributed by atoms with Crippen LogP contribution in [0.5, 0.6) is 0 Å². The van der Waals surface area contributed by atoms with Crippen molar-refractivity contribution in [2.24, 2.45) is 0 Å². The first-order valence-corrected chi connectivity index (χ1v) is 6.61. The molecule has 0 aliphatic heterocycles. The summed E-state index contributed by atoms with van der Waals surface area (Å²) in [7, 11) is 1.25. The number of methoxy groups -OCH3 is 1. The van der Waals surface area contributed by atoms with Crippen molar-refractivity contribution in [3.05, 3.63) is 47.5 Å². The summed E-state index contributed by atoms with van der Waals surface area (Å²) in [4.78, 5) is 23.2. The molecule has 1 heterocycles. The van der Waals surface area contributed by atoms with Crippen molar-refractivity contribution < 1.29 is 14.3 Å². The van der Waals surface area contributed by atoms with E-state index < -0.39 is 5.97 Å². The number of hydrogen-bond acceptors (Lipinski definition) is 6. The Morgan fingerprint density at radius 3 is 2.60 bits per heavy atom. The third-order valence-electron chi connectivity index (χ3n) is 2.53. The number of rotatable bonds is 5. The number of carbonyl (C=O) groups is 2. The first-order valence-electron chi connectivity index (χ1n) is 5.80. The number of aromatic nitrogens is 2. The second-order valence-electron chi connectivity index (χ2n) is 3.97. The molecule has 0 amide bonds. The summed E-state index contributed by atoms with van der Waals surface area (Å²) in [6, 6.07) is 9.45. The van der Waals surface area contributed by atoms with E-state index in [0.717, 1.165) is 5.56 Å². The molecule has 102 valence electrons. The van der Waals surface area contributed by atoms with Crippen molar-refractivity contribution in [3.63, 3.8) is 0 Å². The molecular formula is C14H12N2O3S. The van der Waals surface area contributed by atoms with E-state index in [2.05, 4.69) is 21.5 Å². The third-order valence-corrected chi connectivity index (χ3v) is 3.55. The summed E-state index contributed by atoms with van der Waals surface area (Å²) in [6.07, 6.45) is -0.115. The van der Waals surface area contributed by atoms with Crippen molar-refractivity contribution in [2.75, 3.05) is 7.11 Å². The van der Waals surface area contributed by atoms with E-state index in [4.69, 9.17) is 0 Å². The average molecular weight is 288 g/mol. The molecule has 0 aliphatic carbocycles. The van der Waals surface area contributed by atoms with Crippen LogP contribution in [-0.4, -0.2) is 29.1 Å². The number of esters is 1. The van der Waals surface area contributed by atoms with Gasteiger partial charge in [-0.2, -0.15) is 0 Å². The van der Waals surface area contributed by atoms with E-state index >= 15 is 0 Å². The molecule has 1 aromatic carbocycles. The van der Waals surface area contributed by atoms with Crippen LogP contribution in [0.3, 0.4) is 0 Å². The van der Waals surface area contributed by atoms with Crippen LogP contribution >= 0.6 is 11.3 Å². The Morgan fingerprint density at radius 2 is 1.95 bits per heavy atom. The number of benzene rings is 1. The summed E-state index contributed by atoms with van der Waals surface area (Å²) in [5.41, 5.74) is 1.00. The van der Waals surface area contributed by atoms with Gasteiger partial charge in [0.1, 0.15) is 5.01 Å². The number of ketones is 1. The lowest BCUT2D eigenvalue weighted by Crippen LogP contribution is -2.09. The zero-order valence-corrected chi connectivity index (χ0v) is 11.6. The number of nitrogens with zero attached hydrogens (tertiary/aromatic N) is 2. The van der Waals surface area contributed by atoms with Crippen molar-refractivity contribution in [2.45, 2.75) is 6.42 Å². The zero-order valence-electron chi connectivity index (χ0n) is 10.8. The van der Waals surface area contributed by atoms with Crippen LogP contribution in [-0.2, 0) is 9.53 Å². The Bertz CT molecular complexity index is 649. The number of Topliss-reactive ketones (excluding diaryl/α,β-unsaturated/α-hetero) is 1. The summed E-state index contributed by atoms with van der Waals surface area (Å²) < 4.78 is 4.50. The van der Waals surface area contributed by atoms with Crippen LogP contribution < -0.4 is 0 Å². The maximum Gasteiger partial charge on any atom is 0.333 e. The smallest absolute Gasteiger partial charge is 0.333 e. The van der Waals surface area contributed by atoms with Crippen LogP contribution in [0.4, 0.5) is 0 Å². The van der Waals surface area contributed by atoms with E-state index in [9.17, 15) is 9.59 Å². The maximum atomic E-state index is 12.0. The molecule has 0 saturated carbocycles. The summed E-state index contributed by atoms with van der Waals surface area (Å²) >= 11 is 1.19. The molecule has 5 nitrogen and oxygen atoms in total. The largest absolute Gasteiger partial charge is 0.466 e. The van der Waals surface area contributed by atoms with Gasteiger partial charge in [-0.15, -0.1) is 10.2 Å². The van der Waals surface area contributed by atoms with E-state index in [-0.39, 0.29) is 22.8 Å². The Morgan fingerprint density at radius 1 is 1.25 bits per heavy atom. The second kappa shape index (κ2) is 6.21. The Labute approximate surface area is 119 Å². The number of carbonyl (C=O) groups excluding carboxylic acids is 2. The lowest BCUT2D eigenvalue weighted by Gasteiger charge is -2.00. The summed E-state index contributed by atoms with van der Waals surface area (Å²) in [5.74, 6) is -0.883. The zero-order chi connectivity index (χ0) is 14.5. The molecule has 0 fully saturated rings. The molecule has 20 heavy (non-hydrogen) atoms. The monoisotopic (exact) mass is 288 g/mol. The number of ether oxygens (including phenoxy) is 1. The molecule has 0 N–H and O–H groups in total. The molecule has 2 aromatic rings. The van der Waals surface area contributed by atoms with Gasteiger partial charge >= 0.3 is 5.97 Å². The molecule has 1 aromatic heterocycles. The SMILES string of the molecule is C=C(CC(=O)c1nnc(-c2ccccc2)s1)C(=O)OC. The highest BCUT2D eigenvalue weighted by Crippen LogP contribution is 2.24. The predicted octanol–water partition coefficient (Wildman–Crippen LogP) is 2.51. The molecule has 0 aliphatic rings. The molecule has 0 unspecified atom stereocenters. The minimum Gasteiger partial charge on any atom is -0.466 e. The highest BCUT2D eigenvalue weighted by atomic mass is 32.1. The highest BCUT2D eigenvalue weighted by Gasteiger charge is 2.18. The Hall–Kier alpha value is -2.34. The van der Waals surface area contributed by atoms with E-state index in [1.807, 2.05) is 30.3 Å². The van der Waals surface area contributed by atoms with Gasteiger partial charge in [-0.1, -0.05) is 48.2 Å². The van der Waals surface area contributed by atoms with E-state index in [1.165, 1.54) is 18.4 Å². The first-order chi connectivity index (χ1) is 9.61. The first kappa shape index (κ1) is 14.1. The quantitative estimate of drug-likeness (QED) is 0.480. The summed E-state index contributed by atoms with van der Waals surface area (Å²) in [5, 5.41) is 8.76. The minimum absolute atomic E-state index is 0.106. The van der Waals surface area contributed by atoms with Crippen LogP contribution in [0, 0.1) is 0 Å². The van der Waals surface area contributed by atoms with Crippen molar-refractivity contribution in [1.29, 1.82) is 0 Å². The summed E-state index contributed by atoms with van der Waals surface area (Å²) in [6.45, 7) is 3.52. The molecule has 2 rings (SSSR count). The van der Waals surface area contributed by atoms with Crippen LogP contribution in [0.2, 0.25) is 0 Å². The Balaban J connectivity index is 2.11. The fourth-order valence-corrected chi connectivity index (χ4v) is 2.31. The normalized spacial score (nSPS) is 10.1. The van der Waals surface area contributed by atoms with Gasteiger partial charge in [0.05, 0.1) is 7.11 Å². The van der Waals surface area contributed by atoms with Gasteiger partial charge in [0.25, 0.3) is 0 Å². The van der Waals surface area contributed by atoms with Gasteiger partial charge < -0.3 is 4.74 Å². The highest BCUT2D eigenvalue weighted by molar-refractivity contribution is 7.16. The van der Waals surface area contributed by atoms with Gasteiger partial charge in [0.2, 0.25) is 0 Å². The third kappa shape index (κ3) is 3.16. The number of hydrogen-bond donors (Lipinski definition) is 0. The van der Waals surface area contributed by atoms with Crippen molar-refractivity contribution >= 4 is 23.1 Å². The fourth-order valence-electron chi connectivity index (χ4n) is 1.52. The predicted molar refractivity (Wildman–Crippen MR) is 75.4 cm³/mol. The van der Waals surface area contributed by atoms with Crippen molar-refractivity contribution in [1.82, 2.24) is 10.2 Å². The van der Waals surface area contributed by atoms with Gasteiger partial charge in [0, 0.05) is 17.6 Å². The molecule has 0 bridgehead atoms. The lowest BCUT2D eigenvalue weighted by molar-refractivity contribution is -0.136. The molecule has 0 radical (unpaired) electrons. The van der Waals surface area contributed by atoms with E-state index in [1.54, 1.807) is 0 Å². The lowest BCUT2D eigenvalue weighted by atomic mass is 10.1. The standard InChI is InChI=1S/C14H12N2O3S/c1-9(14(18)19-2)8-11(17)13-16-15-12(20-13)10-6-4-3-5-7-10/h3-7H,1,8H2,2H3. The van der Waals surface area contributed by atoms with Gasteiger partial charge in [0.15, 0.2) is 10.8 Å². The molecule has 0 saturated heterocycles.